The second-order valence-corrected chi connectivity index (χ2v) is 8.75. The summed E-state index contributed by atoms with van der Waals surface area (Å²) in [6.45, 7) is 5.53. The molecule has 0 saturated carbocycles. The Bertz CT molecular complexity index is 908. The maximum absolute atomic E-state index is 13.8. The van der Waals surface area contributed by atoms with E-state index in [-0.39, 0.29) is 12.3 Å². The Morgan fingerprint density at radius 3 is 2.45 bits per heavy atom. The molecule has 4 nitrogen and oxygen atoms in total. The normalized spacial score (nSPS) is 16.4. The number of phenols is 1. The molecule has 158 valence electrons. The Balaban J connectivity index is 1.85. The molecule has 2 aromatic rings. The van der Waals surface area contributed by atoms with Crippen molar-refractivity contribution in [3.05, 3.63) is 52.6 Å². The summed E-state index contributed by atoms with van der Waals surface area (Å²) < 4.78 is 56.5. The van der Waals surface area contributed by atoms with Crippen molar-refractivity contribution in [1.82, 2.24) is 4.72 Å². The smallest absolute Gasteiger partial charge is 0.406 e. The quantitative estimate of drug-likeness (QED) is 0.749. The number of halogens is 3. The number of phenolic OH excluding ortho intramolecular Hbond substituents is 1. The van der Waals surface area contributed by atoms with Crippen LogP contribution in [0.15, 0.2) is 35.2 Å². The lowest BCUT2D eigenvalue weighted by Gasteiger charge is -2.35. The Hall–Kier alpha value is -2.06. The second-order valence-electron chi connectivity index (χ2n) is 7.57. The average molecular weight is 427 g/mol. The molecule has 0 amide bonds. The van der Waals surface area contributed by atoms with Gasteiger partial charge in [-0.15, -0.1) is 0 Å². The van der Waals surface area contributed by atoms with Crippen molar-refractivity contribution in [3.63, 3.8) is 0 Å². The maximum Gasteiger partial charge on any atom is 0.406 e. The summed E-state index contributed by atoms with van der Waals surface area (Å²) in [6.07, 6.45) is -3.16. The average Bonchev–Trinajstić information content (AvgIpc) is 2.59. The van der Waals surface area contributed by atoms with Crippen molar-refractivity contribution in [2.24, 2.45) is 0 Å². The molecule has 0 saturated heterocycles. The Kier molecular flexibility index (Phi) is 6.24. The molecular weight excluding hydrogens is 401 g/mol. The van der Waals surface area contributed by atoms with E-state index < -0.39 is 23.2 Å². The minimum absolute atomic E-state index is 0.0996. The van der Waals surface area contributed by atoms with Crippen molar-refractivity contribution >= 4 is 16.7 Å². The van der Waals surface area contributed by atoms with Crippen LogP contribution in [0.5, 0.6) is 5.75 Å². The number of nitrogens with zero attached hydrogens (tertiary/aromatic N) is 1. The minimum Gasteiger partial charge on any atom is -0.508 e. The topological polar surface area (TPSA) is 52.6 Å². The number of alkyl halides is 3. The SMILES string of the molecule is Cc1cc(C)c(S(=O)NC(CN2CCCc3cc(O)ccc32)C(F)(F)F)c(C)c1. The van der Waals surface area contributed by atoms with Gasteiger partial charge in [-0.1, -0.05) is 17.7 Å². The molecule has 1 aliphatic heterocycles. The summed E-state index contributed by atoms with van der Waals surface area (Å²) in [6, 6.07) is 6.39. The van der Waals surface area contributed by atoms with Gasteiger partial charge < -0.3 is 10.0 Å². The number of nitrogens with one attached hydrogen (secondary N) is 1. The summed E-state index contributed by atoms with van der Waals surface area (Å²) in [4.78, 5) is 2.05. The van der Waals surface area contributed by atoms with Crippen LogP contribution in [-0.4, -0.2) is 34.6 Å². The van der Waals surface area contributed by atoms with Crippen molar-refractivity contribution in [3.8, 4) is 5.75 Å². The first kappa shape index (κ1) is 21.6. The van der Waals surface area contributed by atoms with Crippen molar-refractivity contribution < 1.29 is 22.5 Å². The Morgan fingerprint density at radius 1 is 1.17 bits per heavy atom. The number of hydrogen-bond donors (Lipinski definition) is 2. The van der Waals surface area contributed by atoms with Gasteiger partial charge in [0, 0.05) is 18.8 Å². The maximum atomic E-state index is 13.8. The summed E-state index contributed by atoms with van der Waals surface area (Å²) >= 11 is 0. The van der Waals surface area contributed by atoms with Gasteiger partial charge in [-0.25, -0.2) is 8.93 Å². The fourth-order valence-corrected chi connectivity index (χ4v) is 5.21. The molecular formula is C21H25F3N2O2S. The summed E-state index contributed by atoms with van der Waals surface area (Å²) in [7, 11) is -1.99. The van der Waals surface area contributed by atoms with E-state index in [1.165, 1.54) is 6.07 Å². The zero-order valence-corrected chi connectivity index (χ0v) is 17.5. The van der Waals surface area contributed by atoms with Gasteiger partial charge in [-0.05, 0) is 68.5 Å². The molecule has 1 aliphatic rings. The molecule has 3 rings (SSSR count). The number of rotatable bonds is 5. The predicted octanol–water partition coefficient (Wildman–Crippen LogP) is 4.31. The van der Waals surface area contributed by atoms with Crippen LogP contribution in [0.25, 0.3) is 0 Å². The van der Waals surface area contributed by atoms with Gasteiger partial charge in [0.05, 0.1) is 4.90 Å². The van der Waals surface area contributed by atoms with E-state index in [1.54, 1.807) is 30.9 Å². The molecule has 0 aliphatic carbocycles. The van der Waals surface area contributed by atoms with E-state index in [9.17, 15) is 22.5 Å². The van der Waals surface area contributed by atoms with Gasteiger partial charge >= 0.3 is 6.18 Å². The van der Waals surface area contributed by atoms with Gasteiger partial charge in [-0.3, -0.25) is 0 Å². The van der Waals surface area contributed by atoms with E-state index >= 15 is 0 Å². The largest absolute Gasteiger partial charge is 0.508 e. The van der Waals surface area contributed by atoms with Crippen molar-refractivity contribution in [1.29, 1.82) is 0 Å². The third kappa shape index (κ3) is 4.93. The molecule has 8 heteroatoms. The van der Waals surface area contributed by atoms with E-state index in [1.807, 2.05) is 19.1 Å². The number of hydrogen-bond acceptors (Lipinski definition) is 3. The fourth-order valence-electron chi connectivity index (χ4n) is 3.93. The number of anilines is 1. The van der Waals surface area contributed by atoms with Crippen LogP contribution in [0.3, 0.4) is 0 Å². The Labute approximate surface area is 171 Å². The summed E-state index contributed by atoms with van der Waals surface area (Å²) in [5.74, 6) is 0.0996. The highest BCUT2D eigenvalue weighted by molar-refractivity contribution is 7.83. The molecule has 0 bridgehead atoms. The lowest BCUT2D eigenvalue weighted by atomic mass is 10.0. The van der Waals surface area contributed by atoms with Gasteiger partial charge in [-0.2, -0.15) is 13.2 Å². The first-order valence-electron chi connectivity index (χ1n) is 9.45. The molecule has 1 heterocycles. The number of aryl methyl sites for hydroxylation is 4. The number of benzene rings is 2. The zero-order valence-electron chi connectivity index (χ0n) is 16.6. The molecule has 2 atom stereocenters. The summed E-state index contributed by atoms with van der Waals surface area (Å²) in [5, 5.41) is 9.65. The van der Waals surface area contributed by atoms with E-state index in [2.05, 4.69) is 4.72 Å². The van der Waals surface area contributed by atoms with Crippen LogP contribution in [0, 0.1) is 20.8 Å². The lowest BCUT2D eigenvalue weighted by Crippen LogP contribution is -2.51. The second kappa shape index (κ2) is 8.36. The first-order valence-corrected chi connectivity index (χ1v) is 10.6. The molecule has 0 radical (unpaired) electrons. The van der Waals surface area contributed by atoms with Crippen LogP contribution in [-0.2, 0) is 17.4 Å². The number of fused-ring (bicyclic) bond motifs is 1. The van der Waals surface area contributed by atoms with Gasteiger partial charge in [0.2, 0.25) is 0 Å². The number of aromatic hydroxyl groups is 1. The molecule has 29 heavy (non-hydrogen) atoms. The molecule has 2 unspecified atom stereocenters. The predicted molar refractivity (Wildman–Crippen MR) is 109 cm³/mol. The van der Waals surface area contributed by atoms with E-state index in [4.69, 9.17) is 0 Å². The summed E-state index contributed by atoms with van der Waals surface area (Å²) in [5.41, 5.74) is 3.88. The highest BCUT2D eigenvalue weighted by Gasteiger charge is 2.42. The molecule has 0 spiro atoms. The van der Waals surface area contributed by atoms with E-state index in [0.717, 1.165) is 11.1 Å². The van der Waals surface area contributed by atoms with Gasteiger partial charge in [0.15, 0.2) is 0 Å². The van der Waals surface area contributed by atoms with Crippen LogP contribution >= 0.6 is 0 Å². The molecule has 0 fully saturated rings. The van der Waals surface area contributed by atoms with Crippen molar-refractivity contribution in [2.75, 3.05) is 18.0 Å². The van der Waals surface area contributed by atoms with Gasteiger partial charge in [0.25, 0.3) is 0 Å². The third-order valence-electron chi connectivity index (χ3n) is 5.12. The van der Waals surface area contributed by atoms with E-state index in [0.29, 0.717) is 41.1 Å². The lowest BCUT2D eigenvalue weighted by molar-refractivity contribution is -0.148. The third-order valence-corrected chi connectivity index (χ3v) is 6.63. The molecule has 2 aromatic carbocycles. The molecule has 2 N–H and O–H groups in total. The zero-order chi connectivity index (χ0) is 21.3. The monoisotopic (exact) mass is 426 g/mol. The molecule has 0 aromatic heterocycles. The Morgan fingerprint density at radius 2 is 1.83 bits per heavy atom. The van der Waals surface area contributed by atoms with Crippen LogP contribution in [0.2, 0.25) is 0 Å². The van der Waals surface area contributed by atoms with Crippen molar-refractivity contribution in [2.45, 2.75) is 50.7 Å². The van der Waals surface area contributed by atoms with Gasteiger partial charge in [0.1, 0.15) is 22.8 Å². The van der Waals surface area contributed by atoms with Crippen LogP contribution in [0.4, 0.5) is 18.9 Å². The first-order chi connectivity index (χ1) is 13.6. The van der Waals surface area contributed by atoms with Crippen LogP contribution in [0.1, 0.15) is 28.7 Å². The standard InChI is InChI=1S/C21H25F3N2O2S/c1-13-9-14(2)20(15(3)10-13)29(28)25-19(21(22,23)24)12-26-8-4-5-16-11-17(27)6-7-18(16)26/h6-7,9-11,19,25,27H,4-5,8,12H2,1-3H3. The highest BCUT2D eigenvalue weighted by Crippen LogP contribution is 2.32. The van der Waals surface area contributed by atoms with Crippen LogP contribution < -0.4 is 9.62 Å². The minimum atomic E-state index is -4.56. The fraction of sp³-hybridized carbons (Fsp3) is 0.429. The highest BCUT2D eigenvalue weighted by atomic mass is 32.2.